The maximum atomic E-state index is 12.4. The summed E-state index contributed by atoms with van der Waals surface area (Å²) >= 11 is 1.39. The van der Waals surface area contributed by atoms with E-state index < -0.39 is 0 Å². The number of pyridine rings is 1. The minimum Gasteiger partial charge on any atom is -0.377 e. The normalized spacial score (nSPS) is 11.8. The van der Waals surface area contributed by atoms with Crippen LogP contribution in [0.4, 0.5) is 5.69 Å². The average molecular weight is 286 g/mol. The lowest BCUT2D eigenvalue weighted by molar-refractivity contribution is 1.03. The van der Waals surface area contributed by atoms with Crippen LogP contribution in [0.25, 0.3) is 26.6 Å². The van der Waals surface area contributed by atoms with Crippen LogP contribution in [-0.2, 0) is 0 Å². The fourth-order valence-electron chi connectivity index (χ4n) is 2.19. The van der Waals surface area contributed by atoms with Gasteiger partial charge < -0.3 is 4.90 Å². The number of aromatic nitrogens is 3. The zero-order valence-corrected chi connectivity index (χ0v) is 12.3. The Morgan fingerprint density at radius 3 is 2.85 bits per heavy atom. The summed E-state index contributed by atoms with van der Waals surface area (Å²) in [5, 5.41) is 0.947. The average Bonchev–Trinajstić information content (AvgIpc) is 2.81. The molecule has 0 amide bonds. The molecule has 3 heterocycles. The van der Waals surface area contributed by atoms with Crippen molar-refractivity contribution in [1.82, 2.24) is 14.5 Å². The molecule has 0 aliphatic carbocycles. The Morgan fingerprint density at radius 1 is 1.35 bits per heavy atom. The predicted molar refractivity (Wildman–Crippen MR) is 84.5 cm³/mol. The Bertz CT molecular complexity index is 876. The van der Waals surface area contributed by atoms with Crippen LogP contribution in [0.2, 0.25) is 0 Å². The Balaban J connectivity index is 2.47. The van der Waals surface area contributed by atoms with Gasteiger partial charge in [0.1, 0.15) is 15.9 Å². The van der Waals surface area contributed by atoms with Gasteiger partial charge in [-0.3, -0.25) is 9.36 Å². The molecule has 102 valence electrons. The second-order valence-electron chi connectivity index (χ2n) is 4.62. The highest BCUT2D eigenvalue weighted by Gasteiger charge is 2.15. The van der Waals surface area contributed by atoms with Crippen LogP contribution in [0.15, 0.2) is 29.5 Å². The second kappa shape index (κ2) is 4.72. The van der Waals surface area contributed by atoms with Crippen LogP contribution in [0.3, 0.4) is 0 Å². The Kier molecular flexibility index (Phi) is 3.02. The molecule has 0 bridgehead atoms. The molecular formula is C14H14N4OS. The molecule has 0 saturated carbocycles. The van der Waals surface area contributed by atoms with Crippen molar-refractivity contribution in [3.8, 4) is 0 Å². The molecule has 5 nitrogen and oxygen atoms in total. The van der Waals surface area contributed by atoms with Crippen molar-refractivity contribution in [3.05, 3.63) is 35.0 Å². The molecule has 0 aliphatic heterocycles. The first kappa shape index (κ1) is 12.8. The van der Waals surface area contributed by atoms with Crippen LogP contribution in [0.1, 0.15) is 6.92 Å². The fourth-order valence-corrected chi connectivity index (χ4v) is 3.24. The predicted octanol–water partition coefficient (Wildman–Crippen LogP) is 2.56. The zero-order chi connectivity index (χ0) is 14.3. The van der Waals surface area contributed by atoms with E-state index >= 15 is 0 Å². The van der Waals surface area contributed by atoms with Gasteiger partial charge in [-0.15, -0.1) is 11.3 Å². The van der Waals surface area contributed by atoms with E-state index in [1.807, 2.05) is 38.1 Å². The number of hydrogen-bond acceptors (Lipinski definition) is 5. The molecule has 0 fully saturated rings. The van der Waals surface area contributed by atoms with Crippen molar-refractivity contribution in [2.24, 2.45) is 0 Å². The molecule has 3 aromatic heterocycles. The summed E-state index contributed by atoms with van der Waals surface area (Å²) in [6, 6.07) is 1.94. The molecule has 0 aromatic carbocycles. The highest BCUT2D eigenvalue weighted by molar-refractivity contribution is 7.25. The van der Waals surface area contributed by atoms with Crippen molar-refractivity contribution in [3.63, 3.8) is 0 Å². The molecule has 20 heavy (non-hydrogen) atoms. The third-order valence-corrected chi connectivity index (χ3v) is 4.15. The van der Waals surface area contributed by atoms with Crippen LogP contribution >= 0.6 is 11.3 Å². The molecule has 3 aromatic rings. The van der Waals surface area contributed by atoms with Crippen molar-refractivity contribution in [1.29, 1.82) is 0 Å². The van der Waals surface area contributed by atoms with Gasteiger partial charge in [-0.2, -0.15) is 0 Å². The molecule has 0 aliphatic rings. The molecule has 0 N–H and O–H groups in total. The van der Waals surface area contributed by atoms with E-state index in [9.17, 15) is 4.79 Å². The van der Waals surface area contributed by atoms with E-state index in [4.69, 9.17) is 0 Å². The number of anilines is 1. The third-order valence-electron chi connectivity index (χ3n) is 3.08. The largest absolute Gasteiger partial charge is 0.377 e. The summed E-state index contributed by atoms with van der Waals surface area (Å²) in [7, 11) is 3.94. The second-order valence-corrected chi connectivity index (χ2v) is 5.62. The van der Waals surface area contributed by atoms with E-state index in [-0.39, 0.29) is 5.56 Å². The monoisotopic (exact) mass is 286 g/mol. The molecular weight excluding hydrogens is 272 g/mol. The smallest absolute Gasteiger partial charge is 0.275 e. The summed E-state index contributed by atoms with van der Waals surface area (Å²) in [6.45, 7) is 1.87. The van der Waals surface area contributed by atoms with E-state index in [1.165, 1.54) is 15.9 Å². The van der Waals surface area contributed by atoms with E-state index in [0.717, 1.165) is 21.4 Å². The molecule has 0 unspecified atom stereocenters. The van der Waals surface area contributed by atoms with E-state index in [0.29, 0.717) is 4.70 Å². The van der Waals surface area contributed by atoms with Gasteiger partial charge in [-0.05, 0) is 13.0 Å². The van der Waals surface area contributed by atoms with Gasteiger partial charge in [0.05, 0.1) is 16.6 Å². The number of nitrogens with zero attached hydrogens (tertiary/aromatic N) is 4. The summed E-state index contributed by atoms with van der Waals surface area (Å²) in [6.07, 6.45) is 6.84. The lowest BCUT2D eigenvalue weighted by Crippen LogP contribution is -2.14. The van der Waals surface area contributed by atoms with Gasteiger partial charge in [-0.25, -0.2) is 9.97 Å². The van der Waals surface area contributed by atoms with Gasteiger partial charge >= 0.3 is 0 Å². The minimum atomic E-state index is -0.0548. The van der Waals surface area contributed by atoms with Crippen molar-refractivity contribution in [2.45, 2.75) is 6.92 Å². The molecule has 0 spiro atoms. The Labute approximate surface area is 119 Å². The lowest BCUT2D eigenvalue weighted by atomic mass is 10.2. The SMILES string of the molecule is C/C=C/n1cnc2c(sc3nccc(N(C)C)c32)c1=O. The van der Waals surface area contributed by atoms with E-state index in [1.54, 1.807) is 18.7 Å². The lowest BCUT2D eigenvalue weighted by Gasteiger charge is -2.13. The standard InChI is InChI=1S/C14H14N4OS/c1-4-7-18-8-16-11-10-9(17(2)3)5-6-15-13(10)20-12(11)14(18)19/h4-8H,1-3H3/b7-4+. The fraction of sp³-hybridized carbons (Fsp3) is 0.214. The first-order valence-corrected chi connectivity index (χ1v) is 7.03. The summed E-state index contributed by atoms with van der Waals surface area (Å²) in [5.74, 6) is 0. The number of hydrogen-bond donors (Lipinski definition) is 0. The van der Waals surface area contributed by atoms with Crippen LogP contribution in [0, 0.1) is 0 Å². The maximum absolute atomic E-state index is 12.4. The summed E-state index contributed by atoms with van der Waals surface area (Å²) < 4.78 is 2.13. The van der Waals surface area contributed by atoms with E-state index in [2.05, 4.69) is 9.97 Å². The van der Waals surface area contributed by atoms with Crippen molar-refractivity contribution in [2.75, 3.05) is 19.0 Å². The zero-order valence-electron chi connectivity index (χ0n) is 11.5. The number of rotatable bonds is 2. The summed E-state index contributed by atoms with van der Waals surface area (Å²) in [5.41, 5.74) is 1.70. The molecule has 0 saturated heterocycles. The van der Waals surface area contributed by atoms with Crippen molar-refractivity contribution < 1.29 is 0 Å². The topological polar surface area (TPSA) is 51.0 Å². The summed E-state index contributed by atoms with van der Waals surface area (Å²) in [4.78, 5) is 24.1. The maximum Gasteiger partial charge on any atom is 0.275 e. The highest BCUT2D eigenvalue weighted by Crippen LogP contribution is 2.34. The van der Waals surface area contributed by atoms with Gasteiger partial charge in [-0.1, -0.05) is 6.08 Å². The minimum absolute atomic E-state index is 0.0548. The van der Waals surface area contributed by atoms with Gasteiger partial charge in [0.2, 0.25) is 0 Å². The molecule has 3 rings (SSSR count). The number of fused-ring (bicyclic) bond motifs is 3. The first-order chi connectivity index (χ1) is 9.63. The third kappa shape index (κ3) is 1.80. The van der Waals surface area contributed by atoms with Crippen LogP contribution in [0.5, 0.6) is 0 Å². The first-order valence-electron chi connectivity index (χ1n) is 6.22. The van der Waals surface area contributed by atoms with Gasteiger partial charge in [0.15, 0.2) is 0 Å². The highest BCUT2D eigenvalue weighted by atomic mass is 32.1. The van der Waals surface area contributed by atoms with Crippen molar-refractivity contribution >= 4 is 43.7 Å². The van der Waals surface area contributed by atoms with Gasteiger partial charge in [0.25, 0.3) is 5.56 Å². The number of thiophene rings is 1. The Hall–Kier alpha value is -2.21. The van der Waals surface area contributed by atoms with Crippen LogP contribution in [-0.4, -0.2) is 28.6 Å². The molecule has 0 atom stereocenters. The molecule has 0 radical (unpaired) electrons. The van der Waals surface area contributed by atoms with Crippen LogP contribution < -0.4 is 10.5 Å². The number of allylic oxidation sites excluding steroid dienone is 1. The molecule has 6 heteroatoms. The Morgan fingerprint density at radius 2 is 2.15 bits per heavy atom. The van der Waals surface area contributed by atoms with Gasteiger partial charge in [0, 0.05) is 26.5 Å². The quantitative estimate of drug-likeness (QED) is 0.726.